The van der Waals surface area contributed by atoms with Crippen LogP contribution >= 0.6 is 0 Å². The molecule has 114 valence electrons. The zero-order chi connectivity index (χ0) is 15.2. The molecule has 7 heteroatoms. The topological polar surface area (TPSA) is 72.4 Å². The Morgan fingerprint density at radius 2 is 1.85 bits per heavy atom. The molecule has 0 N–H and O–H groups in total. The molecule has 1 aromatic heterocycles. The summed E-state index contributed by atoms with van der Waals surface area (Å²) < 4.78 is 29.9. The summed E-state index contributed by atoms with van der Waals surface area (Å²) in [7, 11) is -3.08. The third kappa shape index (κ3) is 5.05. The van der Waals surface area contributed by atoms with E-state index in [4.69, 9.17) is 4.74 Å². The molecule has 1 aliphatic rings. The molecule has 1 fully saturated rings. The first kappa shape index (κ1) is 16.8. The zero-order valence-corrected chi connectivity index (χ0v) is 13.4. The second kappa shape index (κ2) is 7.54. The van der Waals surface area contributed by atoms with E-state index < -0.39 is 10.0 Å². The number of aryl methyl sites for hydroxylation is 1. The van der Waals surface area contributed by atoms with Gasteiger partial charge >= 0.3 is 0 Å². The van der Waals surface area contributed by atoms with Gasteiger partial charge in [-0.2, -0.15) is 0 Å². The second-order valence-corrected chi connectivity index (χ2v) is 6.46. The minimum absolute atomic E-state index is 0.0253. The molecule has 1 aromatic rings. The van der Waals surface area contributed by atoms with Crippen molar-refractivity contribution in [3.63, 3.8) is 0 Å². The monoisotopic (exact) mass is 301 g/mol. The van der Waals surface area contributed by atoms with Gasteiger partial charge in [-0.1, -0.05) is 13.8 Å². The van der Waals surface area contributed by atoms with E-state index in [9.17, 15) is 8.42 Å². The first-order chi connectivity index (χ1) is 9.45. The molecule has 2 rings (SSSR count). The highest BCUT2D eigenvalue weighted by molar-refractivity contribution is 7.88. The predicted octanol–water partition coefficient (Wildman–Crippen LogP) is 1.61. The SMILES string of the molecule is CC.Cc1cc(OC2CCN(S(C)(=O)=O)CC2)ncn1. The third-order valence-electron chi connectivity index (χ3n) is 2.94. The van der Waals surface area contributed by atoms with Gasteiger partial charge in [-0.15, -0.1) is 0 Å². The van der Waals surface area contributed by atoms with E-state index in [0.29, 0.717) is 31.8 Å². The van der Waals surface area contributed by atoms with Gasteiger partial charge < -0.3 is 4.74 Å². The second-order valence-electron chi connectivity index (χ2n) is 4.48. The van der Waals surface area contributed by atoms with Crippen molar-refractivity contribution >= 4 is 10.0 Å². The lowest BCUT2D eigenvalue weighted by atomic mass is 10.1. The maximum absolute atomic E-state index is 11.4. The molecule has 0 saturated carbocycles. The molecule has 2 heterocycles. The summed E-state index contributed by atoms with van der Waals surface area (Å²) in [6.07, 6.45) is 4.11. The number of nitrogens with zero attached hydrogens (tertiary/aromatic N) is 3. The van der Waals surface area contributed by atoms with Crippen LogP contribution in [-0.4, -0.2) is 48.1 Å². The van der Waals surface area contributed by atoms with Crippen LogP contribution in [0, 0.1) is 6.92 Å². The summed E-state index contributed by atoms with van der Waals surface area (Å²) in [6.45, 7) is 6.89. The Morgan fingerprint density at radius 3 is 2.35 bits per heavy atom. The van der Waals surface area contributed by atoms with Crippen molar-refractivity contribution in [2.75, 3.05) is 19.3 Å². The van der Waals surface area contributed by atoms with Gasteiger partial charge in [0.1, 0.15) is 12.4 Å². The average Bonchev–Trinajstić information content (AvgIpc) is 2.41. The van der Waals surface area contributed by atoms with Gasteiger partial charge in [-0.3, -0.25) is 0 Å². The van der Waals surface area contributed by atoms with Crippen molar-refractivity contribution in [3.05, 3.63) is 18.1 Å². The number of rotatable bonds is 3. The van der Waals surface area contributed by atoms with Crippen LogP contribution in [0.2, 0.25) is 0 Å². The van der Waals surface area contributed by atoms with Crippen molar-refractivity contribution in [2.24, 2.45) is 0 Å². The van der Waals surface area contributed by atoms with E-state index in [1.165, 1.54) is 16.9 Å². The number of aromatic nitrogens is 2. The molecule has 0 aliphatic carbocycles. The first-order valence-corrected chi connectivity index (χ1v) is 8.70. The number of sulfonamides is 1. The van der Waals surface area contributed by atoms with Crippen LogP contribution in [0.25, 0.3) is 0 Å². The molecule has 0 unspecified atom stereocenters. The summed E-state index contributed by atoms with van der Waals surface area (Å²) in [5.74, 6) is 0.556. The highest BCUT2D eigenvalue weighted by atomic mass is 32.2. The zero-order valence-electron chi connectivity index (χ0n) is 12.5. The largest absolute Gasteiger partial charge is 0.474 e. The first-order valence-electron chi connectivity index (χ1n) is 6.85. The molecule has 0 spiro atoms. The molecule has 0 radical (unpaired) electrons. The maximum Gasteiger partial charge on any atom is 0.216 e. The van der Waals surface area contributed by atoms with Crippen LogP contribution < -0.4 is 4.74 Å². The molecular formula is C13H23N3O3S. The lowest BCUT2D eigenvalue weighted by Gasteiger charge is -2.30. The molecule has 1 saturated heterocycles. The summed E-state index contributed by atoms with van der Waals surface area (Å²) >= 11 is 0. The normalized spacial score (nSPS) is 17.2. The highest BCUT2D eigenvalue weighted by Gasteiger charge is 2.26. The Bertz CT molecular complexity index is 511. The van der Waals surface area contributed by atoms with Gasteiger partial charge in [0.2, 0.25) is 15.9 Å². The lowest BCUT2D eigenvalue weighted by molar-refractivity contribution is 0.130. The maximum atomic E-state index is 11.4. The molecule has 6 nitrogen and oxygen atoms in total. The van der Waals surface area contributed by atoms with Gasteiger partial charge in [0.05, 0.1) is 6.26 Å². The van der Waals surface area contributed by atoms with Crippen LogP contribution in [-0.2, 0) is 10.0 Å². The third-order valence-corrected chi connectivity index (χ3v) is 4.24. The van der Waals surface area contributed by atoms with Gasteiger partial charge in [0.25, 0.3) is 0 Å². The highest BCUT2D eigenvalue weighted by Crippen LogP contribution is 2.18. The fraction of sp³-hybridized carbons (Fsp3) is 0.692. The van der Waals surface area contributed by atoms with Crippen molar-refractivity contribution in [1.29, 1.82) is 0 Å². The van der Waals surface area contributed by atoms with Crippen LogP contribution in [0.15, 0.2) is 12.4 Å². The predicted molar refractivity (Wildman–Crippen MR) is 78.2 cm³/mol. The Hall–Kier alpha value is -1.21. The van der Waals surface area contributed by atoms with Gasteiger partial charge in [0, 0.05) is 24.8 Å². The Balaban J connectivity index is 0.000000956. The lowest BCUT2D eigenvalue weighted by Crippen LogP contribution is -2.41. The standard InChI is InChI=1S/C11H17N3O3S.C2H6/c1-9-7-11(13-8-12-9)17-10-3-5-14(6-4-10)18(2,15)16;1-2/h7-8,10H,3-6H2,1-2H3;1-2H3. The molecule has 0 bridgehead atoms. The van der Waals surface area contributed by atoms with E-state index in [1.807, 2.05) is 20.8 Å². The number of hydrogen-bond donors (Lipinski definition) is 0. The molecule has 20 heavy (non-hydrogen) atoms. The van der Waals surface area contributed by atoms with Crippen LogP contribution in [0.4, 0.5) is 0 Å². The molecule has 0 aromatic carbocycles. The van der Waals surface area contributed by atoms with Crippen molar-refractivity contribution in [3.8, 4) is 5.88 Å². The average molecular weight is 301 g/mol. The number of ether oxygens (including phenoxy) is 1. The fourth-order valence-electron chi connectivity index (χ4n) is 1.95. The molecule has 1 aliphatic heterocycles. The Labute approximate surface area is 121 Å². The summed E-state index contributed by atoms with van der Waals surface area (Å²) in [5, 5.41) is 0. The summed E-state index contributed by atoms with van der Waals surface area (Å²) in [6, 6.07) is 1.78. The van der Waals surface area contributed by atoms with Gasteiger partial charge in [0.15, 0.2) is 0 Å². The Morgan fingerprint density at radius 1 is 1.25 bits per heavy atom. The molecule has 0 amide bonds. The number of hydrogen-bond acceptors (Lipinski definition) is 5. The quantitative estimate of drug-likeness (QED) is 0.848. The Kier molecular flexibility index (Phi) is 6.35. The van der Waals surface area contributed by atoms with E-state index in [2.05, 4.69) is 9.97 Å². The van der Waals surface area contributed by atoms with E-state index in [-0.39, 0.29) is 6.10 Å². The smallest absolute Gasteiger partial charge is 0.216 e. The summed E-state index contributed by atoms with van der Waals surface area (Å²) in [5.41, 5.74) is 0.855. The molecular weight excluding hydrogens is 278 g/mol. The van der Waals surface area contributed by atoms with Gasteiger partial charge in [-0.25, -0.2) is 22.7 Å². The van der Waals surface area contributed by atoms with Gasteiger partial charge in [-0.05, 0) is 19.8 Å². The minimum Gasteiger partial charge on any atom is -0.474 e. The van der Waals surface area contributed by atoms with Crippen LogP contribution in [0.1, 0.15) is 32.4 Å². The van der Waals surface area contributed by atoms with Crippen LogP contribution in [0.5, 0.6) is 5.88 Å². The fourth-order valence-corrected chi connectivity index (χ4v) is 2.82. The van der Waals surface area contributed by atoms with Crippen molar-refractivity contribution in [2.45, 2.75) is 39.7 Å². The minimum atomic E-state index is -3.08. The van der Waals surface area contributed by atoms with Crippen LogP contribution in [0.3, 0.4) is 0 Å². The number of piperidine rings is 1. The van der Waals surface area contributed by atoms with E-state index >= 15 is 0 Å². The van der Waals surface area contributed by atoms with Crippen molar-refractivity contribution in [1.82, 2.24) is 14.3 Å². The summed E-state index contributed by atoms with van der Waals surface area (Å²) in [4.78, 5) is 8.03. The van der Waals surface area contributed by atoms with Crippen molar-refractivity contribution < 1.29 is 13.2 Å². The molecule has 0 atom stereocenters. The van der Waals surface area contributed by atoms with E-state index in [1.54, 1.807) is 6.07 Å². The van der Waals surface area contributed by atoms with E-state index in [0.717, 1.165) is 5.69 Å².